The van der Waals surface area contributed by atoms with Crippen molar-refractivity contribution in [1.82, 2.24) is 4.90 Å². The minimum absolute atomic E-state index is 0.123. The van der Waals surface area contributed by atoms with Gasteiger partial charge < -0.3 is 15.0 Å². The van der Waals surface area contributed by atoms with E-state index in [0.29, 0.717) is 26.5 Å². The lowest BCUT2D eigenvalue weighted by Gasteiger charge is -2.18. The van der Waals surface area contributed by atoms with Gasteiger partial charge in [-0.05, 0) is 48.9 Å². The Balaban J connectivity index is 1.85. The van der Waals surface area contributed by atoms with Gasteiger partial charge in [0.05, 0.1) is 16.6 Å². The maximum atomic E-state index is 12.1. The molecule has 0 unspecified atom stereocenters. The van der Waals surface area contributed by atoms with E-state index >= 15 is 0 Å². The number of carbonyl (C=O) groups excluding carboxylic acids is 2. The van der Waals surface area contributed by atoms with E-state index in [1.54, 1.807) is 30.3 Å². The van der Waals surface area contributed by atoms with Crippen molar-refractivity contribution in [3.05, 3.63) is 57.0 Å². The minimum Gasteiger partial charge on any atom is -0.483 e. The molecule has 0 fully saturated rings. The molecule has 0 aliphatic carbocycles. The molecule has 2 aromatic carbocycles. The zero-order valence-electron chi connectivity index (χ0n) is 14.2. The number of benzene rings is 2. The molecule has 26 heavy (non-hydrogen) atoms. The van der Waals surface area contributed by atoms with Gasteiger partial charge in [-0.25, -0.2) is 0 Å². The van der Waals surface area contributed by atoms with Crippen LogP contribution in [0.25, 0.3) is 0 Å². The van der Waals surface area contributed by atoms with Gasteiger partial charge in [0.15, 0.2) is 6.61 Å². The fraction of sp³-hybridized carbons (Fsp3) is 0.222. The molecule has 1 N–H and O–H groups in total. The van der Waals surface area contributed by atoms with Crippen molar-refractivity contribution in [2.75, 3.05) is 25.5 Å². The lowest BCUT2D eigenvalue weighted by Crippen LogP contribution is -2.37. The Morgan fingerprint density at radius 1 is 1.08 bits per heavy atom. The van der Waals surface area contributed by atoms with Crippen LogP contribution in [-0.2, 0) is 9.59 Å². The third-order valence-corrected chi connectivity index (χ3v) is 4.47. The van der Waals surface area contributed by atoms with Gasteiger partial charge in [-0.3, -0.25) is 9.59 Å². The molecule has 0 bridgehead atoms. The number of anilines is 1. The van der Waals surface area contributed by atoms with Gasteiger partial charge in [0.2, 0.25) is 5.91 Å². The van der Waals surface area contributed by atoms with Crippen molar-refractivity contribution >= 4 is 52.3 Å². The van der Waals surface area contributed by atoms with E-state index in [1.807, 2.05) is 6.92 Å². The Bertz CT molecular complexity index is 827. The lowest BCUT2D eigenvalue weighted by atomic mass is 10.2. The van der Waals surface area contributed by atoms with Crippen molar-refractivity contribution in [2.24, 2.45) is 0 Å². The molecule has 0 heterocycles. The van der Waals surface area contributed by atoms with Crippen LogP contribution in [0.5, 0.6) is 5.75 Å². The number of carbonyl (C=O) groups is 2. The second kappa shape index (κ2) is 9.12. The molecule has 8 heteroatoms. The molecule has 0 aromatic heterocycles. The van der Waals surface area contributed by atoms with Crippen molar-refractivity contribution in [3.63, 3.8) is 0 Å². The number of nitrogens with one attached hydrogen (secondary N) is 1. The van der Waals surface area contributed by atoms with Crippen LogP contribution in [0.4, 0.5) is 5.69 Å². The fourth-order valence-electron chi connectivity index (χ4n) is 2.10. The van der Waals surface area contributed by atoms with E-state index in [2.05, 4.69) is 5.32 Å². The van der Waals surface area contributed by atoms with E-state index in [9.17, 15) is 9.59 Å². The van der Waals surface area contributed by atoms with Crippen LogP contribution < -0.4 is 10.1 Å². The predicted molar refractivity (Wildman–Crippen MR) is 104 cm³/mol. The van der Waals surface area contributed by atoms with Crippen LogP contribution in [-0.4, -0.2) is 36.9 Å². The summed E-state index contributed by atoms with van der Waals surface area (Å²) in [5.41, 5.74) is 1.32. The zero-order chi connectivity index (χ0) is 19.3. The Kier molecular flexibility index (Phi) is 7.14. The number of amides is 2. The normalized spacial score (nSPS) is 10.3. The quantitative estimate of drug-likeness (QED) is 0.759. The van der Waals surface area contributed by atoms with Crippen LogP contribution in [0.2, 0.25) is 15.1 Å². The van der Waals surface area contributed by atoms with Crippen molar-refractivity contribution in [3.8, 4) is 5.75 Å². The van der Waals surface area contributed by atoms with Gasteiger partial charge in [0.25, 0.3) is 5.91 Å². The third-order valence-electron chi connectivity index (χ3n) is 3.50. The van der Waals surface area contributed by atoms with E-state index < -0.39 is 0 Å². The fourth-order valence-corrected chi connectivity index (χ4v) is 2.63. The molecule has 0 aliphatic rings. The van der Waals surface area contributed by atoms with E-state index in [1.165, 1.54) is 18.0 Å². The summed E-state index contributed by atoms with van der Waals surface area (Å²) >= 11 is 17.6. The summed E-state index contributed by atoms with van der Waals surface area (Å²) in [6.07, 6.45) is 0. The molecule has 2 rings (SSSR count). The largest absolute Gasteiger partial charge is 0.483 e. The van der Waals surface area contributed by atoms with Crippen molar-refractivity contribution in [2.45, 2.75) is 6.92 Å². The molecule has 0 aliphatic heterocycles. The summed E-state index contributed by atoms with van der Waals surface area (Å²) in [5, 5.41) is 3.98. The molecule has 5 nitrogen and oxygen atoms in total. The maximum Gasteiger partial charge on any atom is 0.260 e. The number of hydrogen-bond acceptors (Lipinski definition) is 3. The monoisotopic (exact) mass is 414 g/mol. The van der Waals surface area contributed by atoms with Crippen LogP contribution in [0.1, 0.15) is 5.56 Å². The first-order valence-corrected chi connectivity index (χ1v) is 8.77. The smallest absolute Gasteiger partial charge is 0.260 e. The molecule has 0 radical (unpaired) electrons. The predicted octanol–water partition coefficient (Wildman–Crippen LogP) is 4.43. The number of likely N-dealkylation sites (N-methyl/N-ethyl adjacent to an activating group) is 1. The van der Waals surface area contributed by atoms with Gasteiger partial charge in [0, 0.05) is 17.8 Å². The van der Waals surface area contributed by atoms with Crippen molar-refractivity contribution < 1.29 is 14.3 Å². The zero-order valence-corrected chi connectivity index (χ0v) is 16.5. The van der Waals surface area contributed by atoms with E-state index in [0.717, 1.165) is 5.56 Å². The average Bonchev–Trinajstić information content (AvgIpc) is 2.57. The van der Waals surface area contributed by atoms with Crippen LogP contribution in [0.3, 0.4) is 0 Å². The lowest BCUT2D eigenvalue weighted by molar-refractivity contribution is -0.135. The molecule has 2 aromatic rings. The molecular weight excluding hydrogens is 399 g/mol. The molecule has 0 spiro atoms. The number of hydrogen-bond donors (Lipinski definition) is 1. The number of rotatable bonds is 6. The molecule has 0 saturated heterocycles. The summed E-state index contributed by atoms with van der Waals surface area (Å²) < 4.78 is 5.49. The number of nitrogens with zero attached hydrogens (tertiary/aromatic N) is 1. The van der Waals surface area contributed by atoms with Gasteiger partial charge in [-0.1, -0.05) is 34.8 Å². The standard InChI is InChI=1S/C18H17Cl3N2O3/c1-11-7-12(19)3-6-16(11)26-10-18(25)23(2)9-17(24)22-13-4-5-14(20)15(21)8-13/h3-8H,9-10H2,1-2H3,(H,22,24). The first kappa shape index (κ1) is 20.4. The summed E-state index contributed by atoms with van der Waals surface area (Å²) in [7, 11) is 1.52. The highest BCUT2D eigenvalue weighted by Crippen LogP contribution is 2.25. The summed E-state index contributed by atoms with van der Waals surface area (Å²) in [6.45, 7) is 1.53. The second-order valence-corrected chi connectivity index (χ2v) is 6.88. The van der Waals surface area contributed by atoms with Gasteiger partial charge >= 0.3 is 0 Å². The third kappa shape index (κ3) is 5.80. The topological polar surface area (TPSA) is 58.6 Å². The van der Waals surface area contributed by atoms with Crippen molar-refractivity contribution in [1.29, 1.82) is 0 Å². The highest BCUT2D eigenvalue weighted by atomic mass is 35.5. The summed E-state index contributed by atoms with van der Waals surface area (Å²) in [4.78, 5) is 25.5. The molecule has 138 valence electrons. The summed E-state index contributed by atoms with van der Waals surface area (Å²) in [5.74, 6) is -0.123. The number of aryl methyl sites for hydroxylation is 1. The molecule has 0 atom stereocenters. The maximum absolute atomic E-state index is 12.1. The van der Waals surface area contributed by atoms with Gasteiger partial charge in [-0.2, -0.15) is 0 Å². The Hall–Kier alpha value is -1.95. The minimum atomic E-state index is -0.359. The molecule has 2 amide bonds. The highest BCUT2D eigenvalue weighted by molar-refractivity contribution is 6.42. The Morgan fingerprint density at radius 2 is 1.81 bits per heavy atom. The van der Waals surface area contributed by atoms with Gasteiger partial charge in [0.1, 0.15) is 5.75 Å². The summed E-state index contributed by atoms with van der Waals surface area (Å²) in [6, 6.07) is 9.87. The van der Waals surface area contributed by atoms with E-state index in [-0.39, 0.29) is 25.0 Å². The van der Waals surface area contributed by atoms with Gasteiger partial charge in [-0.15, -0.1) is 0 Å². The van der Waals surface area contributed by atoms with Crippen LogP contribution >= 0.6 is 34.8 Å². The molecule has 0 saturated carbocycles. The first-order chi connectivity index (χ1) is 12.3. The average molecular weight is 416 g/mol. The highest BCUT2D eigenvalue weighted by Gasteiger charge is 2.14. The number of ether oxygens (including phenoxy) is 1. The molecular formula is C18H17Cl3N2O3. The van der Waals surface area contributed by atoms with Crippen LogP contribution in [0, 0.1) is 6.92 Å². The van der Waals surface area contributed by atoms with E-state index in [4.69, 9.17) is 39.5 Å². The first-order valence-electron chi connectivity index (χ1n) is 7.64. The second-order valence-electron chi connectivity index (χ2n) is 5.63. The number of halogens is 3. The Morgan fingerprint density at radius 3 is 2.46 bits per heavy atom. The SMILES string of the molecule is Cc1cc(Cl)ccc1OCC(=O)N(C)CC(=O)Nc1ccc(Cl)c(Cl)c1. The Labute approximate surface area is 166 Å². The van der Waals surface area contributed by atoms with Crippen LogP contribution in [0.15, 0.2) is 36.4 Å².